The van der Waals surface area contributed by atoms with E-state index in [0.717, 1.165) is 10.4 Å². The fraction of sp³-hybridized carbons (Fsp3) is 0.318. The second kappa shape index (κ2) is 8.79. The molecule has 0 fully saturated rings. The van der Waals surface area contributed by atoms with Crippen LogP contribution >= 0.6 is 11.3 Å². The van der Waals surface area contributed by atoms with Crippen molar-refractivity contribution < 1.29 is 9.59 Å². The van der Waals surface area contributed by atoms with Gasteiger partial charge in [0.05, 0.1) is 11.1 Å². The fourth-order valence-electron chi connectivity index (χ4n) is 2.55. The van der Waals surface area contributed by atoms with Gasteiger partial charge in [-0.05, 0) is 35.1 Å². The molecule has 0 saturated carbocycles. The molecule has 0 aliphatic carbocycles. The van der Waals surface area contributed by atoms with Crippen molar-refractivity contribution >= 4 is 28.0 Å². The van der Waals surface area contributed by atoms with Gasteiger partial charge in [-0.2, -0.15) is 5.26 Å². The van der Waals surface area contributed by atoms with Gasteiger partial charge in [0.1, 0.15) is 0 Å². The van der Waals surface area contributed by atoms with Crippen LogP contribution in [0.1, 0.15) is 39.2 Å². The monoisotopic (exact) mass is 380 g/mol. The van der Waals surface area contributed by atoms with Crippen LogP contribution in [0.15, 0.2) is 49.1 Å². The Balaban J connectivity index is 2.09. The molecular formula is C22H24N2O2S. The van der Waals surface area contributed by atoms with Crippen molar-refractivity contribution in [2.24, 2.45) is 5.92 Å². The Morgan fingerprint density at radius 1 is 1.22 bits per heavy atom. The first kappa shape index (κ1) is 20.6. The second-order valence-corrected chi connectivity index (χ2v) is 8.42. The largest absolute Gasteiger partial charge is 0.316 e. The number of Topliss-reactive ketones (excluding diaryl/α,β-unsaturated/α-hetero) is 1. The van der Waals surface area contributed by atoms with Crippen molar-refractivity contribution in [2.75, 3.05) is 5.32 Å². The molecule has 5 heteroatoms. The molecule has 0 aliphatic heterocycles. The standard InChI is InChI=1S/C22H24N2O2S/c1-5-6-7-18(25)17(14-23)21(26)24-20-13-12-19(27-20)15-8-10-16(11-9-15)22(2,3)4/h5,8-13,17H,1,6-7H2,2-4H3,(H,24,26). The molecule has 2 rings (SSSR count). The molecule has 0 spiro atoms. The maximum atomic E-state index is 12.3. The number of amides is 1. The van der Waals surface area contributed by atoms with E-state index in [-0.39, 0.29) is 17.6 Å². The van der Waals surface area contributed by atoms with Gasteiger partial charge < -0.3 is 5.32 Å². The van der Waals surface area contributed by atoms with E-state index in [4.69, 9.17) is 5.26 Å². The second-order valence-electron chi connectivity index (χ2n) is 7.34. The third kappa shape index (κ3) is 5.38. The van der Waals surface area contributed by atoms with Gasteiger partial charge in [-0.1, -0.05) is 51.1 Å². The maximum Gasteiger partial charge on any atom is 0.249 e. The average molecular weight is 381 g/mol. The Morgan fingerprint density at radius 3 is 2.44 bits per heavy atom. The van der Waals surface area contributed by atoms with Crippen LogP contribution in [0, 0.1) is 17.2 Å². The lowest BCUT2D eigenvalue weighted by molar-refractivity contribution is -0.128. The minimum Gasteiger partial charge on any atom is -0.316 e. The Kier molecular flexibility index (Phi) is 6.70. The summed E-state index contributed by atoms with van der Waals surface area (Å²) in [6.45, 7) is 10.1. The normalized spacial score (nSPS) is 12.1. The van der Waals surface area contributed by atoms with Crippen LogP contribution in [0.2, 0.25) is 0 Å². The van der Waals surface area contributed by atoms with Gasteiger partial charge in [-0.15, -0.1) is 17.9 Å². The van der Waals surface area contributed by atoms with E-state index in [1.54, 1.807) is 18.2 Å². The number of allylic oxidation sites excluding steroid dienone is 1. The van der Waals surface area contributed by atoms with Crippen LogP contribution in [-0.4, -0.2) is 11.7 Å². The van der Waals surface area contributed by atoms with Crippen LogP contribution in [-0.2, 0) is 15.0 Å². The molecule has 0 radical (unpaired) electrons. The molecule has 4 nitrogen and oxygen atoms in total. The molecule has 1 heterocycles. The number of nitrogens with zero attached hydrogens (tertiary/aromatic N) is 1. The zero-order valence-corrected chi connectivity index (χ0v) is 16.7. The van der Waals surface area contributed by atoms with Crippen molar-refractivity contribution in [2.45, 2.75) is 39.0 Å². The lowest BCUT2D eigenvalue weighted by Gasteiger charge is -2.18. The van der Waals surface area contributed by atoms with Crippen molar-refractivity contribution in [3.8, 4) is 16.5 Å². The van der Waals surface area contributed by atoms with Gasteiger partial charge in [-0.25, -0.2) is 0 Å². The van der Waals surface area contributed by atoms with E-state index >= 15 is 0 Å². The molecule has 2 aromatic rings. The zero-order chi connectivity index (χ0) is 20.0. The first-order chi connectivity index (χ1) is 12.8. The number of benzene rings is 1. The van der Waals surface area contributed by atoms with Gasteiger partial charge in [0.2, 0.25) is 5.91 Å². The third-order valence-corrected chi connectivity index (χ3v) is 5.25. The summed E-state index contributed by atoms with van der Waals surface area (Å²) in [4.78, 5) is 25.3. The highest BCUT2D eigenvalue weighted by Gasteiger charge is 2.26. The highest BCUT2D eigenvalue weighted by Crippen LogP contribution is 2.33. The summed E-state index contributed by atoms with van der Waals surface area (Å²) in [6.07, 6.45) is 2.20. The minimum absolute atomic E-state index is 0.0948. The quantitative estimate of drug-likeness (QED) is 0.521. The Hall–Kier alpha value is -2.71. The molecule has 1 amide bonds. The molecule has 1 N–H and O–H groups in total. The highest BCUT2D eigenvalue weighted by molar-refractivity contribution is 7.19. The molecule has 0 saturated heterocycles. The maximum absolute atomic E-state index is 12.3. The van der Waals surface area contributed by atoms with Gasteiger partial charge in [0.25, 0.3) is 0 Å². The number of hydrogen-bond acceptors (Lipinski definition) is 4. The number of thiophene rings is 1. The molecule has 1 unspecified atom stereocenters. The summed E-state index contributed by atoms with van der Waals surface area (Å²) in [5.74, 6) is -2.26. The average Bonchev–Trinajstić information content (AvgIpc) is 3.08. The number of carbonyl (C=O) groups is 2. The number of ketones is 1. The number of anilines is 1. The number of nitriles is 1. The van der Waals surface area contributed by atoms with Crippen LogP contribution in [0.3, 0.4) is 0 Å². The minimum atomic E-state index is -1.29. The SMILES string of the molecule is C=CCCC(=O)C(C#N)C(=O)Nc1ccc(-c2ccc(C(C)(C)C)cc2)s1. The van der Waals surface area contributed by atoms with E-state index in [2.05, 4.69) is 56.9 Å². The Bertz CT molecular complexity index is 867. The highest BCUT2D eigenvalue weighted by atomic mass is 32.1. The van der Waals surface area contributed by atoms with Gasteiger partial charge >= 0.3 is 0 Å². The molecule has 1 aromatic carbocycles. The first-order valence-corrected chi connectivity index (χ1v) is 9.62. The van der Waals surface area contributed by atoms with Crippen molar-refractivity contribution in [1.82, 2.24) is 0 Å². The van der Waals surface area contributed by atoms with E-state index < -0.39 is 11.8 Å². The summed E-state index contributed by atoms with van der Waals surface area (Å²) in [6, 6.07) is 13.9. The Morgan fingerprint density at radius 2 is 1.89 bits per heavy atom. The lowest BCUT2D eigenvalue weighted by Crippen LogP contribution is -2.28. The topological polar surface area (TPSA) is 70.0 Å². The van der Waals surface area contributed by atoms with Crippen molar-refractivity contribution in [1.29, 1.82) is 5.26 Å². The fourth-order valence-corrected chi connectivity index (χ4v) is 3.47. The van der Waals surface area contributed by atoms with Crippen LogP contribution in [0.4, 0.5) is 5.00 Å². The molecule has 1 aromatic heterocycles. The smallest absolute Gasteiger partial charge is 0.249 e. The summed E-state index contributed by atoms with van der Waals surface area (Å²) in [7, 11) is 0. The van der Waals surface area contributed by atoms with Crippen LogP contribution in [0.25, 0.3) is 10.4 Å². The van der Waals surface area contributed by atoms with Crippen LogP contribution in [0.5, 0.6) is 0 Å². The van der Waals surface area contributed by atoms with Crippen molar-refractivity contribution in [3.05, 3.63) is 54.6 Å². The van der Waals surface area contributed by atoms with E-state index in [1.807, 2.05) is 6.07 Å². The van der Waals surface area contributed by atoms with E-state index in [0.29, 0.717) is 11.4 Å². The molecule has 1 atom stereocenters. The first-order valence-electron chi connectivity index (χ1n) is 8.81. The number of carbonyl (C=O) groups excluding carboxylic acids is 2. The lowest BCUT2D eigenvalue weighted by atomic mass is 9.86. The number of rotatable bonds is 7. The summed E-state index contributed by atoms with van der Waals surface area (Å²) >= 11 is 1.42. The number of hydrogen-bond donors (Lipinski definition) is 1. The summed E-state index contributed by atoms with van der Waals surface area (Å²) < 4.78 is 0. The molecular weight excluding hydrogens is 356 g/mol. The molecule has 0 aliphatic rings. The number of nitrogens with one attached hydrogen (secondary N) is 1. The molecule has 27 heavy (non-hydrogen) atoms. The Labute approximate surface area is 164 Å². The van der Waals surface area contributed by atoms with Gasteiger partial charge in [0.15, 0.2) is 11.7 Å². The van der Waals surface area contributed by atoms with Crippen molar-refractivity contribution in [3.63, 3.8) is 0 Å². The zero-order valence-electron chi connectivity index (χ0n) is 15.9. The van der Waals surface area contributed by atoms with Gasteiger partial charge in [-0.3, -0.25) is 9.59 Å². The van der Waals surface area contributed by atoms with E-state index in [9.17, 15) is 9.59 Å². The molecule has 140 valence electrons. The van der Waals surface area contributed by atoms with Gasteiger partial charge in [0, 0.05) is 11.3 Å². The summed E-state index contributed by atoms with van der Waals surface area (Å²) in [5.41, 5.74) is 2.41. The predicted octanol–water partition coefficient (Wildman–Crippen LogP) is 5.33. The molecule has 0 bridgehead atoms. The summed E-state index contributed by atoms with van der Waals surface area (Å²) in [5, 5.41) is 12.5. The third-order valence-electron chi connectivity index (χ3n) is 4.20. The van der Waals surface area contributed by atoms with E-state index in [1.165, 1.54) is 16.9 Å². The van der Waals surface area contributed by atoms with Crippen LogP contribution < -0.4 is 5.32 Å². The predicted molar refractivity (Wildman–Crippen MR) is 111 cm³/mol.